The molecule has 0 aromatic heterocycles. The van der Waals surface area contributed by atoms with Gasteiger partial charge in [0.05, 0.1) is 12.8 Å². The normalized spacial score (nSPS) is 46.1. The highest BCUT2D eigenvalue weighted by Crippen LogP contribution is 2.62. The number of hydrogen-bond acceptors (Lipinski definition) is 14. The Hall–Kier alpha value is -2.44. The number of fused-ring (bicyclic) bond motifs is 4. The van der Waals surface area contributed by atoms with E-state index in [1.165, 1.54) is 0 Å². The number of unbranched alkanes of at least 4 members (excludes halogenated alkanes) is 1. The van der Waals surface area contributed by atoms with Crippen molar-refractivity contribution in [2.75, 3.05) is 13.1 Å². The van der Waals surface area contributed by atoms with Crippen molar-refractivity contribution in [3.8, 4) is 0 Å². The van der Waals surface area contributed by atoms with E-state index in [-0.39, 0.29) is 73.0 Å². The average Bonchev–Trinajstić information content (AvgIpc) is 3.56. The second-order valence-corrected chi connectivity index (χ2v) is 18.9. The summed E-state index contributed by atoms with van der Waals surface area (Å²) in [5, 5.41) is 5.66. The van der Waals surface area contributed by atoms with E-state index < -0.39 is 59.9 Å². The van der Waals surface area contributed by atoms with Crippen LogP contribution in [-0.2, 0) is 67.1 Å². The van der Waals surface area contributed by atoms with Crippen LogP contribution in [0.4, 0.5) is 0 Å². The number of esters is 2. The fourth-order valence-electron chi connectivity index (χ4n) is 11.7. The predicted octanol–water partition coefficient (Wildman–Crippen LogP) is 5.06. The van der Waals surface area contributed by atoms with Gasteiger partial charge >= 0.3 is 11.9 Å². The zero-order valence-electron chi connectivity index (χ0n) is 35.0. The lowest BCUT2D eigenvalue weighted by Gasteiger charge is -2.59. The fraction of sp³-hybridized carbons (Fsp3) is 0.905. The maximum absolute atomic E-state index is 12.9. The lowest BCUT2D eigenvalue weighted by Crippen LogP contribution is -2.70. The van der Waals surface area contributed by atoms with E-state index in [2.05, 4.69) is 24.5 Å². The molecule has 2 N–H and O–H groups in total. The van der Waals surface area contributed by atoms with Gasteiger partial charge in [0.1, 0.15) is 0 Å². The first-order valence-corrected chi connectivity index (χ1v) is 22.0. The molecule has 8 saturated heterocycles. The molecule has 0 aromatic carbocycles. The molecule has 4 bridgehead atoms. The van der Waals surface area contributed by atoms with E-state index in [0.717, 1.165) is 38.5 Å². The topological polar surface area (TPSA) is 185 Å². The van der Waals surface area contributed by atoms with Crippen molar-refractivity contribution in [2.45, 2.75) is 179 Å². The summed E-state index contributed by atoms with van der Waals surface area (Å²) in [6.45, 7) is 13.0. The maximum Gasteiger partial charge on any atom is 0.308 e. The first-order chi connectivity index (χ1) is 27.7. The highest BCUT2D eigenvalue weighted by molar-refractivity contribution is 5.81. The Morgan fingerprint density at radius 3 is 1.38 bits per heavy atom. The van der Waals surface area contributed by atoms with E-state index in [9.17, 15) is 19.2 Å². The van der Waals surface area contributed by atoms with Gasteiger partial charge in [0, 0.05) is 62.4 Å². The lowest BCUT2D eigenvalue weighted by atomic mass is 9.58. The molecule has 326 valence electrons. The standard InChI is InChI=1S/C42H64N2O14/c1-23-9-11-29-25(3)35(51-37-41(29)27(23)17-19-39(5,53-37)55-57-41)49-33(47)15-13-31(45)43-21-7-8-22-44-32(46)14-16-34(48)50-36-26(4)30-12-10-24(2)28-18-20-40(6)54-38(52-36)42(28,30)58-56-40/h23-30,35-38H,7-22H2,1-6H3,(H,43,45)(H,44,46)/t23-,24-,25-,26-,27?,28?,29?,30?,35+,36+,37?,38?,39?,40?,41-,42-/m1/s1. The second kappa shape index (κ2) is 16.4. The quantitative estimate of drug-likeness (QED) is 0.143. The van der Waals surface area contributed by atoms with Gasteiger partial charge in [-0.15, -0.1) is 0 Å². The van der Waals surface area contributed by atoms with Gasteiger partial charge in [-0.3, -0.25) is 19.2 Å². The summed E-state index contributed by atoms with van der Waals surface area (Å²) in [4.78, 5) is 74.9. The highest BCUT2D eigenvalue weighted by Gasteiger charge is 2.71. The Kier molecular flexibility index (Phi) is 12.0. The Labute approximate surface area is 340 Å². The van der Waals surface area contributed by atoms with Crippen LogP contribution in [0, 0.1) is 47.3 Å². The number of amides is 2. The van der Waals surface area contributed by atoms with Crippen LogP contribution in [0.5, 0.6) is 0 Å². The van der Waals surface area contributed by atoms with Gasteiger partial charge < -0.3 is 39.1 Å². The summed E-state index contributed by atoms with van der Waals surface area (Å²) < 4.78 is 36.9. The number of carbonyl (C=O) groups excluding carboxylic acids is 4. The van der Waals surface area contributed by atoms with Crippen molar-refractivity contribution in [1.82, 2.24) is 10.6 Å². The molecule has 10 rings (SSSR count). The van der Waals surface area contributed by atoms with Gasteiger partial charge in [-0.2, -0.15) is 0 Å². The molecule has 2 saturated carbocycles. The molecule has 58 heavy (non-hydrogen) atoms. The van der Waals surface area contributed by atoms with Crippen LogP contribution in [-0.4, -0.2) is 84.8 Å². The maximum atomic E-state index is 12.9. The van der Waals surface area contributed by atoms with Crippen LogP contribution in [0.2, 0.25) is 0 Å². The van der Waals surface area contributed by atoms with Crippen LogP contribution in [0.25, 0.3) is 0 Å². The zero-order valence-corrected chi connectivity index (χ0v) is 35.0. The minimum atomic E-state index is -0.920. The van der Waals surface area contributed by atoms with Gasteiger partial charge in [0.15, 0.2) is 23.8 Å². The Morgan fingerprint density at radius 2 is 0.966 bits per heavy atom. The first-order valence-electron chi connectivity index (χ1n) is 22.0. The van der Waals surface area contributed by atoms with Gasteiger partial charge in [0.2, 0.25) is 36.0 Å². The third-order valence-corrected chi connectivity index (χ3v) is 15.0. The van der Waals surface area contributed by atoms with E-state index in [1.807, 2.05) is 27.7 Å². The summed E-state index contributed by atoms with van der Waals surface area (Å²) in [5.41, 5.74) is -1.48. The molecule has 16 nitrogen and oxygen atoms in total. The largest absolute Gasteiger partial charge is 0.435 e. The van der Waals surface area contributed by atoms with E-state index in [1.54, 1.807) is 0 Å². The van der Waals surface area contributed by atoms with Gasteiger partial charge in [0.25, 0.3) is 0 Å². The molecular formula is C42H64N2O14. The molecule has 2 amide bonds. The third-order valence-electron chi connectivity index (χ3n) is 15.0. The van der Waals surface area contributed by atoms with Crippen molar-refractivity contribution >= 4 is 23.8 Å². The number of rotatable bonds is 13. The van der Waals surface area contributed by atoms with Crippen molar-refractivity contribution in [1.29, 1.82) is 0 Å². The lowest BCUT2D eigenvalue weighted by molar-refractivity contribution is -0.576. The van der Waals surface area contributed by atoms with Crippen LogP contribution < -0.4 is 10.6 Å². The molecule has 8 heterocycles. The summed E-state index contributed by atoms with van der Waals surface area (Å²) in [6.07, 6.45) is 5.05. The molecule has 8 aliphatic heterocycles. The van der Waals surface area contributed by atoms with Crippen LogP contribution in [0.15, 0.2) is 0 Å². The summed E-state index contributed by atoms with van der Waals surface area (Å²) in [6, 6.07) is 0. The van der Waals surface area contributed by atoms with E-state index in [0.29, 0.717) is 50.6 Å². The van der Waals surface area contributed by atoms with E-state index in [4.69, 9.17) is 48.0 Å². The molecule has 10 aliphatic rings. The smallest absolute Gasteiger partial charge is 0.308 e. The summed E-state index contributed by atoms with van der Waals surface area (Å²) in [5.74, 6) is -2.34. The summed E-state index contributed by atoms with van der Waals surface area (Å²) >= 11 is 0. The highest BCUT2D eigenvalue weighted by atomic mass is 17.3. The zero-order chi connectivity index (χ0) is 41.0. The van der Waals surface area contributed by atoms with Gasteiger partial charge in [-0.05, 0) is 88.9 Å². The molecule has 16 heteroatoms. The molecule has 0 aromatic rings. The van der Waals surface area contributed by atoms with Crippen molar-refractivity contribution < 1.29 is 67.1 Å². The van der Waals surface area contributed by atoms with Gasteiger partial charge in [-0.25, -0.2) is 19.6 Å². The van der Waals surface area contributed by atoms with Crippen LogP contribution in [0.1, 0.15) is 131 Å². The number of ether oxygens (including phenoxy) is 6. The molecule has 2 spiro atoms. The fourth-order valence-corrected chi connectivity index (χ4v) is 11.7. The molecule has 8 unspecified atom stereocenters. The minimum Gasteiger partial charge on any atom is -0.435 e. The average molecular weight is 821 g/mol. The van der Waals surface area contributed by atoms with Crippen molar-refractivity contribution in [3.05, 3.63) is 0 Å². The van der Waals surface area contributed by atoms with Crippen LogP contribution >= 0.6 is 0 Å². The number of nitrogens with one attached hydrogen (secondary N) is 2. The Balaban J connectivity index is 0.700. The van der Waals surface area contributed by atoms with Crippen LogP contribution in [0.3, 0.4) is 0 Å². The predicted molar refractivity (Wildman–Crippen MR) is 200 cm³/mol. The SMILES string of the molecule is C[C@@H]1CCC2[C@@H](C)[C@@H](OC(=O)CCC(=O)NCCCCNC(=O)CCC(=O)O[C@H]3OC4OC5(C)CCC6[C@H](C)CCC([C@H]3C)[C@@]46OO5)OC3OC4(C)CCC1[C@]32OO4. The Morgan fingerprint density at radius 1 is 0.552 bits per heavy atom. The van der Waals surface area contributed by atoms with Crippen molar-refractivity contribution in [3.63, 3.8) is 0 Å². The van der Waals surface area contributed by atoms with Crippen molar-refractivity contribution in [2.24, 2.45) is 47.3 Å². The third kappa shape index (κ3) is 7.71. The first kappa shape index (κ1) is 42.3. The molecular weight excluding hydrogens is 756 g/mol. The van der Waals surface area contributed by atoms with E-state index >= 15 is 0 Å². The Bertz CT molecular complexity index is 1450. The molecule has 2 aliphatic carbocycles. The molecule has 10 fully saturated rings. The molecule has 16 atom stereocenters. The monoisotopic (exact) mass is 820 g/mol. The molecule has 0 radical (unpaired) electrons. The van der Waals surface area contributed by atoms with Gasteiger partial charge in [-0.1, -0.05) is 27.7 Å². The minimum absolute atomic E-state index is 0.0180. The second-order valence-electron chi connectivity index (χ2n) is 18.9. The number of hydrogen-bond donors (Lipinski definition) is 2. The number of carbonyl (C=O) groups is 4. The summed E-state index contributed by atoms with van der Waals surface area (Å²) in [7, 11) is 0.